The smallest absolute Gasteiger partial charge is 0.311 e. The first-order valence-corrected chi connectivity index (χ1v) is 17.1. The summed E-state index contributed by atoms with van der Waals surface area (Å²) < 4.78 is 10.2. The van der Waals surface area contributed by atoms with Gasteiger partial charge in [-0.1, -0.05) is 13.8 Å². The van der Waals surface area contributed by atoms with Crippen LogP contribution < -0.4 is 5.32 Å². The van der Waals surface area contributed by atoms with Crippen LogP contribution >= 0.6 is 0 Å². The fourth-order valence-electron chi connectivity index (χ4n) is 5.77. The second kappa shape index (κ2) is 19.9. The maximum atomic E-state index is 11.9. The first-order chi connectivity index (χ1) is 23.1. The molecule has 2 aliphatic carbocycles. The van der Waals surface area contributed by atoms with Crippen LogP contribution in [0.2, 0.25) is 0 Å². The summed E-state index contributed by atoms with van der Waals surface area (Å²) in [4.78, 5) is 68.4. The van der Waals surface area contributed by atoms with Gasteiger partial charge in [0.1, 0.15) is 19.3 Å². The van der Waals surface area contributed by atoms with Gasteiger partial charge in [-0.15, -0.1) is 0 Å². The van der Waals surface area contributed by atoms with E-state index in [4.69, 9.17) is 19.7 Å². The molecular formula is C34H57NO15. The molecule has 2 saturated carbocycles. The first kappa shape index (κ1) is 44.7. The molecule has 0 aromatic carbocycles. The molecule has 0 amide bonds. The summed E-state index contributed by atoms with van der Waals surface area (Å²) in [5, 5.41) is 69.8. The minimum Gasteiger partial charge on any atom is -0.481 e. The Balaban J connectivity index is 0.000000515. The van der Waals surface area contributed by atoms with Gasteiger partial charge < -0.3 is 50.5 Å². The molecule has 0 aliphatic heterocycles. The quantitative estimate of drug-likeness (QED) is 0.0883. The average molecular weight is 720 g/mol. The normalized spacial score (nSPS) is 25.4. The van der Waals surface area contributed by atoms with Crippen LogP contribution in [0.1, 0.15) is 92.9 Å². The number of esters is 2. The zero-order valence-corrected chi connectivity index (χ0v) is 29.9. The van der Waals surface area contributed by atoms with E-state index in [1.165, 1.54) is 0 Å². The first-order valence-electron chi connectivity index (χ1n) is 17.1. The Morgan fingerprint density at radius 1 is 0.640 bits per heavy atom. The molecule has 0 aromatic heterocycles. The number of aliphatic hydroxyl groups is 3. The van der Waals surface area contributed by atoms with Crippen molar-refractivity contribution in [3.63, 3.8) is 0 Å². The Labute approximate surface area is 292 Å². The number of nitrogens with one attached hydrogen (secondary N) is 1. The van der Waals surface area contributed by atoms with Crippen LogP contribution in [0.3, 0.4) is 0 Å². The molecule has 2 fully saturated rings. The monoisotopic (exact) mass is 719 g/mol. The molecule has 0 radical (unpaired) electrons. The van der Waals surface area contributed by atoms with Crippen molar-refractivity contribution < 1.29 is 74.0 Å². The van der Waals surface area contributed by atoms with Gasteiger partial charge >= 0.3 is 35.8 Å². The lowest BCUT2D eigenvalue weighted by atomic mass is 9.54. The molecule has 0 spiro atoms. The largest absolute Gasteiger partial charge is 0.481 e. The molecule has 2 aliphatic rings. The highest BCUT2D eigenvalue weighted by atomic mass is 16.5. The van der Waals surface area contributed by atoms with Crippen molar-refractivity contribution in [1.82, 2.24) is 5.32 Å². The van der Waals surface area contributed by atoms with E-state index in [1.54, 1.807) is 13.8 Å². The fraction of sp³-hybridized carbons (Fsp3) is 0.824. The fourth-order valence-corrected chi connectivity index (χ4v) is 5.77. The van der Waals surface area contributed by atoms with Gasteiger partial charge in [-0.3, -0.25) is 28.8 Å². The summed E-state index contributed by atoms with van der Waals surface area (Å²) in [6.45, 7) is 10.8. The Morgan fingerprint density at radius 3 is 1.44 bits per heavy atom. The molecule has 0 saturated heterocycles. The van der Waals surface area contributed by atoms with Crippen molar-refractivity contribution in [2.45, 2.75) is 117 Å². The van der Waals surface area contributed by atoms with Crippen molar-refractivity contribution in [3.05, 3.63) is 0 Å². The number of ether oxygens (including phenoxy) is 2. The van der Waals surface area contributed by atoms with Crippen molar-refractivity contribution in [2.24, 2.45) is 40.4 Å². The number of hydrogen-bond donors (Lipinski definition) is 8. The van der Waals surface area contributed by atoms with Crippen LogP contribution in [-0.4, -0.2) is 116 Å². The van der Waals surface area contributed by atoms with Crippen molar-refractivity contribution in [2.75, 3.05) is 19.8 Å². The highest BCUT2D eigenvalue weighted by Crippen LogP contribution is 2.49. The maximum absolute atomic E-state index is 11.9. The van der Waals surface area contributed by atoms with E-state index in [0.29, 0.717) is 32.2 Å². The summed E-state index contributed by atoms with van der Waals surface area (Å²) in [5.74, 6) is -12.3. The van der Waals surface area contributed by atoms with E-state index < -0.39 is 82.7 Å². The average Bonchev–Trinajstić information content (AvgIpc) is 3.03. The number of carbonyl (C=O) groups is 6. The van der Waals surface area contributed by atoms with E-state index in [0.717, 1.165) is 12.8 Å². The second-order valence-electron chi connectivity index (χ2n) is 14.6. The predicted octanol–water partition coefficient (Wildman–Crippen LogP) is 1.76. The van der Waals surface area contributed by atoms with Crippen LogP contribution in [-0.2, 0) is 38.2 Å². The summed E-state index contributed by atoms with van der Waals surface area (Å²) in [6, 6.07) is 0.230. The van der Waals surface area contributed by atoms with E-state index >= 15 is 0 Å². The third-order valence-corrected chi connectivity index (χ3v) is 10.1. The number of aliphatic carboxylic acids is 4. The molecule has 288 valence electrons. The van der Waals surface area contributed by atoms with E-state index in [-0.39, 0.29) is 44.0 Å². The molecule has 0 bridgehead atoms. The molecule has 4 unspecified atom stereocenters. The minimum absolute atomic E-state index is 0.0142. The predicted molar refractivity (Wildman–Crippen MR) is 176 cm³/mol. The van der Waals surface area contributed by atoms with Crippen molar-refractivity contribution in [1.29, 1.82) is 0 Å². The molecule has 5 atom stereocenters. The summed E-state index contributed by atoms with van der Waals surface area (Å²) in [6.07, 6.45) is 0.614. The Bertz CT molecular complexity index is 1140. The second-order valence-corrected chi connectivity index (χ2v) is 14.6. The van der Waals surface area contributed by atoms with Crippen molar-refractivity contribution >= 4 is 35.8 Å². The number of carboxylic acids is 4. The molecular weight excluding hydrogens is 662 g/mol. The van der Waals surface area contributed by atoms with Gasteiger partial charge in [0.05, 0.1) is 46.7 Å². The summed E-state index contributed by atoms with van der Waals surface area (Å²) in [7, 11) is 0. The number of hydrogen-bond acceptors (Lipinski definition) is 12. The third kappa shape index (κ3) is 13.1. The zero-order valence-electron chi connectivity index (χ0n) is 29.9. The third-order valence-electron chi connectivity index (χ3n) is 10.1. The van der Waals surface area contributed by atoms with Gasteiger partial charge in [0.2, 0.25) is 0 Å². The lowest BCUT2D eigenvalue weighted by Gasteiger charge is -2.47. The molecule has 0 heterocycles. The number of rotatable bonds is 19. The summed E-state index contributed by atoms with van der Waals surface area (Å²) in [5.41, 5.74) is -1.23. The lowest BCUT2D eigenvalue weighted by molar-refractivity contribution is -0.193. The van der Waals surface area contributed by atoms with E-state index in [2.05, 4.69) is 5.32 Å². The van der Waals surface area contributed by atoms with Crippen LogP contribution in [0.5, 0.6) is 0 Å². The Hall–Kier alpha value is -3.34. The molecule has 8 N–H and O–H groups in total. The van der Waals surface area contributed by atoms with Gasteiger partial charge in [-0.25, -0.2) is 0 Å². The summed E-state index contributed by atoms with van der Waals surface area (Å²) >= 11 is 0. The van der Waals surface area contributed by atoms with E-state index in [1.807, 2.05) is 27.7 Å². The van der Waals surface area contributed by atoms with Crippen LogP contribution in [0.15, 0.2) is 0 Å². The van der Waals surface area contributed by atoms with Gasteiger partial charge in [0, 0.05) is 18.5 Å². The standard InChI is InChI=1S/C18H28O10.C16H29NO5/c1-4-18(2,3)17(27)28-7-8(19)5-6-9(20)10-11(14(21)22)13(16(25)26)12(10)15(23)24;1-4-16(2,3)15(21)22-10-13(18)9-17-12-7-5-11(6-8-12)14(19)20/h8-13,19-20H,4-7H2,1-3H3,(H,21,22)(H,23,24)(H,25,26);11-13,17-18H,4-10H2,1-3H3,(H,19,20)/t8?,9-,10?,11?,12?,13?;/m1./s1. The molecule has 16 heteroatoms. The Morgan fingerprint density at radius 2 is 1.06 bits per heavy atom. The highest BCUT2D eigenvalue weighted by molar-refractivity contribution is 5.89. The number of aliphatic hydroxyl groups excluding tert-OH is 3. The maximum Gasteiger partial charge on any atom is 0.311 e. The van der Waals surface area contributed by atoms with Gasteiger partial charge in [-0.2, -0.15) is 0 Å². The molecule has 2 rings (SSSR count). The molecule has 0 aromatic rings. The topological polar surface area (TPSA) is 275 Å². The number of carboxylic acid groups (broad SMARTS) is 4. The van der Waals surface area contributed by atoms with Crippen LogP contribution in [0, 0.1) is 40.4 Å². The SMILES string of the molecule is CCC(C)(C)C(=O)OCC(O)CC[C@@H](O)C1C(C(=O)O)C(C(=O)O)C1C(=O)O.CCC(C)(C)C(=O)OCC(O)CNC1CCC(C(=O)O)CC1. The van der Waals surface area contributed by atoms with Crippen LogP contribution in [0.25, 0.3) is 0 Å². The van der Waals surface area contributed by atoms with E-state index in [9.17, 15) is 54.3 Å². The van der Waals surface area contributed by atoms with Crippen molar-refractivity contribution in [3.8, 4) is 0 Å². The van der Waals surface area contributed by atoms with Gasteiger partial charge in [0.25, 0.3) is 0 Å². The minimum atomic E-state index is -1.63. The lowest BCUT2D eigenvalue weighted by Crippen LogP contribution is -2.61. The Kier molecular flexibility index (Phi) is 17.8. The number of carbonyl (C=O) groups excluding carboxylic acids is 2. The molecule has 50 heavy (non-hydrogen) atoms. The highest BCUT2D eigenvalue weighted by Gasteiger charge is 2.63. The van der Waals surface area contributed by atoms with Gasteiger partial charge in [-0.05, 0) is 79.1 Å². The molecule has 16 nitrogen and oxygen atoms in total. The zero-order chi connectivity index (χ0) is 38.6. The van der Waals surface area contributed by atoms with Crippen LogP contribution in [0.4, 0.5) is 0 Å². The van der Waals surface area contributed by atoms with Gasteiger partial charge in [0.15, 0.2) is 0 Å².